The van der Waals surface area contributed by atoms with Crippen LogP contribution in [0.4, 0.5) is 4.39 Å². The van der Waals surface area contributed by atoms with E-state index < -0.39 is 0 Å². The van der Waals surface area contributed by atoms with Gasteiger partial charge in [-0.3, -0.25) is 9.36 Å². The summed E-state index contributed by atoms with van der Waals surface area (Å²) in [5, 5.41) is 6.41. The maximum absolute atomic E-state index is 13.0. The predicted octanol–water partition coefficient (Wildman–Crippen LogP) is 2.73. The Bertz CT molecular complexity index is 662. The average Bonchev–Trinajstić information content (AvgIpc) is 3.00. The average molecular weight is 375 g/mol. The number of carbonyl (C=O) groups excluding carboxylic acids is 1. The molecule has 5 nitrogen and oxygen atoms in total. The Morgan fingerprint density at radius 1 is 1.33 bits per heavy atom. The van der Waals surface area contributed by atoms with Gasteiger partial charge in [-0.25, -0.2) is 9.37 Å². The molecule has 0 aliphatic carbocycles. The van der Waals surface area contributed by atoms with Crippen LogP contribution >= 0.6 is 24.8 Å². The van der Waals surface area contributed by atoms with Gasteiger partial charge < -0.3 is 10.6 Å². The van der Waals surface area contributed by atoms with Gasteiger partial charge in [0.15, 0.2) is 0 Å². The highest BCUT2D eigenvalue weighted by Gasteiger charge is 2.24. The number of rotatable bonds is 3. The molecule has 3 rings (SSSR count). The number of piperidine rings is 1. The number of hydrogen-bond donors (Lipinski definition) is 2. The zero-order chi connectivity index (χ0) is 15.5. The van der Waals surface area contributed by atoms with Crippen molar-refractivity contribution in [2.75, 3.05) is 6.54 Å². The predicted molar refractivity (Wildman–Crippen MR) is 96.0 cm³/mol. The van der Waals surface area contributed by atoms with Crippen LogP contribution in [0.2, 0.25) is 0 Å². The summed E-state index contributed by atoms with van der Waals surface area (Å²) >= 11 is 0. The highest BCUT2D eigenvalue weighted by molar-refractivity contribution is 5.93. The molecule has 2 heterocycles. The third-order valence-electron chi connectivity index (χ3n) is 4.05. The van der Waals surface area contributed by atoms with E-state index in [2.05, 4.69) is 22.5 Å². The molecule has 0 radical (unpaired) electrons. The van der Waals surface area contributed by atoms with E-state index in [1.165, 1.54) is 18.3 Å². The number of aromatic nitrogens is 2. The number of imidazole rings is 1. The van der Waals surface area contributed by atoms with Crippen LogP contribution < -0.4 is 10.6 Å². The zero-order valence-electron chi connectivity index (χ0n) is 13.2. The van der Waals surface area contributed by atoms with Crippen molar-refractivity contribution in [2.24, 2.45) is 0 Å². The summed E-state index contributed by atoms with van der Waals surface area (Å²) < 4.78 is 14.7. The lowest BCUT2D eigenvalue weighted by Crippen LogP contribution is -2.52. The molecule has 0 bridgehead atoms. The van der Waals surface area contributed by atoms with Crippen molar-refractivity contribution in [2.45, 2.75) is 31.8 Å². The first kappa shape index (κ1) is 20.4. The van der Waals surface area contributed by atoms with Gasteiger partial charge in [-0.1, -0.05) is 0 Å². The van der Waals surface area contributed by atoms with Crippen molar-refractivity contribution in [3.63, 3.8) is 0 Å². The van der Waals surface area contributed by atoms with E-state index in [1.54, 1.807) is 23.0 Å². The first-order chi connectivity index (χ1) is 10.6. The van der Waals surface area contributed by atoms with E-state index in [9.17, 15) is 9.18 Å². The van der Waals surface area contributed by atoms with Gasteiger partial charge in [0.2, 0.25) is 0 Å². The molecule has 1 aliphatic rings. The molecule has 2 N–H and O–H groups in total. The van der Waals surface area contributed by atoms with Gasteiger partial charge in [0.05, 0.1) is 12.5 Å². The molecule has 1 amide bonds. The molecule has 0 saturated carbocycles. The second-order valence-electron chi connectivity index (χ2n) is 5.59. The molecule has 0 spiro atoms. The molecule has 24 heavy (non-hydrogen) atoms. The van der Waals surface area contributed by atoms with Gasteiger partial charge in [0.25, 0.3) is 5.91 Å². The second-order valence-corrected chi connectivity index (χ2v) is 5.59. The minimum Gasteiger partial charge on any atom is -0.346 e. The van der Waals surface area contributed by atoms with E-state index in [4.69, 9.17) is 0 Å². The van der Waals surface area contributed by atoms with Crippen molar-refractivity contribution in [3.8, 4) is 5.69 Å². The number of nitrogens with zero attached hydrogens (tertiary/aromatic N) is 2. The second kappa shape index (κ2) is 9.01. The summed E-state index contributed by atoms with van der Waals surface area (Å²) in [5.74, 6) is -0.473. The normalized spacial score (nSPS) is 19.8. The molecule has 2 aromatic rings. The van der Waals surface area contributed by atoms with Gasteiger partial charge in [0.1, 0.15) is 11.5 Å². The molecule has 1 aliphatic heterocycles. The highest BCUT2D eigenvalue weighted by atomic mass is 35.5. The van der Waals surface area contributed by atoms with E-state index in [0.717, 1.165) is 19.4 Å². The van der Waals surface area contributed by atoms with Gasteiger partial charge in [-0.2, -0.15) is 0 Å². The van der Waals surface area contributed by atoms with Gasteiger partial charge in [0, 0.05) is 17.8 Å². The lowest BCUT2D eigenvalue weighted by Gasteiger charge is -2.30. The molecule has 1 aromatic carbocycles. The fourth-order valence-corrected chi connectivity index (χ4v) is 2.75. The quantitative estimate of drug-likeness (QED) is 0.868. The Kier molecular flexibility index (Phi) is 7.66. The van der Waals surface area contributed by atoms with Crippen LogP contribution in [0.3, 0.4) is 0 Å². The van der Waals surface area contributed by atoms with E-state index in [1.807, 2.05) is 0 Å². The molecule has 2 unspecified atom stereocenters. The van der Waals surface area contributed by atoms with E-state index in [0.29, 0.717) is 11.4 Å². The number of benzene rings is 1. The van der Waals surface area contributed by atoms with Gasteiger partial charge >= 0.3 is 0 Å². The Morgan fingerprint density at radius 2 is 2.04 bits per heavy atom. The van der Waals surface area contributed by atoms with E-state index in [-0.39, 0.29) is 48.6 Å². The monoisotopic (exact) mass is 374 g/mol. The minimum absolute atomic E-state index is 0. The fraction of sp³-hybridized carbons (Fsp3) is 0.375. The molecular formula is C16H21Cl2FN4O. The van der Waals surface area contributed by atoms with Crippen molar-refractivity contribution in [1.82, 2.24) is 20.2 Å². The maximum Gasteiger partial charge on any atom is 0.270 e. The van der Waals surface area contributed by atoms with Gasteiger partial charge in [-0.15, -0.1) is 24.8 Å². The summed E-state index contributed by atoms with van der Waals surface area (Å²) in [6.45, 7) is 3.06. The summed E-state index contributed by atoms with van der Waals surface area (Å²) in [7, 11) is 0. The lowest BCUT2D eigenvalue weighted by atomic mass is 10.00. The van der Waals surface area contributed by atoms with Crippen molar-refractivity contribution < 1.29 is 9.18 Å². The summed E-state index contributed by atoms with van der Waals surface area (Å²) in [6, 6.07) is 6.34. The molecule has 1 fully saturated rings. The number of hydrogen-bond acceptors (Lipinski definition) is 3. The molecule has 2 atom stereocenters. The summed E-state index contributed by atoms with van der Waals surface area (Å²) in [4.78, 5) is 16.6. The van der Waals surface area contributed by atoms with Crippen LogP contribution in [0.25, 0.3) is 5.69 Å². The summed E-state index contributed by atoms with van der Waals surface area (Å²) in [6.07, 6.45) is 5.10. The minimum atomic E-state index is -0.308. The third-order valence-corrected chi connectivity index (χ3v) is 4.05. The largest absolute Gasteiger partial charge is 0.346 e. The van der Waals surface area contributed by atoms with Crippen molar-refractivity contribution >= 4 is 30.7 Å². The Balaban J connectivity index is 0.00000144. The van der Waals surface area contributed by atoms with Crippen molar-refractivity contribution in [1.29, 1.82) is 0 Å². The topological polar surface area (TPSA) is 58.9 Å². The number of carbonyl (C=O) groups is 1. The standard InChI is InChI=1S/C16H19FN4O.2ClH/c1-11-14(3-2-8-19-11)20-16(22)15-9-18-10-21(15)13-6-4-12(17)5-7-13;;/h4-7,9-11,14,19H,2-3,8H2,1H3,(H,20,22);2*1H. The van der Waals surface area contributed by atoms with Crippen LogP contribution in [-0.4, -0.2) is 34.1 Å². The fourth-order valence-electron chi connectivity index (χ4n) is 2.75. The Morgan fingerprint density at radius 3 is 2.71 bits per heavy atom. The number of halogens is 3. The number of amides is 1. The third kappa shape index (κ3) is 4.47. The smallest absolute Gasteiger partial charge is 0.270 e. The maximum atomic E-state index is 13.0. The van der Waals surface area contributed by atoms with Crippen LogP contribution in [0.15, 0.2) is 36.8 Å². The molecule has 1 saturated heterocycles. The first-order valence-electron chi connectivity index (χ1n) is 7.47. The molecular weight excluding hydrogens is 354 g/mol. The molecule has 8 heteroatoms. The van der Waals surface area contributed by atoms with Crippen molar-refractivity contribution in [3.05, 3.63) is 48.3 Å². The van der Waals surface area contributed by atoms with E-state index >= 15 is 0 Å². The molecule has 1 aromatic heterocycles. The van der Waals surface area contributed by atoms with Crippen LogP contribution in [0.1, 0.15) is 30.3 Å². The first-order valence-corrected chi connectivity index (χ1v) is 7.47. The van der Waals surface area contributed by atoms with Crippen LogP contribution in [-0.2, 0) is 0 Å². The Labute approximate surface area is 152 Å². The number of nitrogens with one attached hydrogen (secondary N) is 2. The molecule has 132 valence electrons. The SMILES string of the molecule is CC1NCCCC1NC(=O)c1cncn1-c1ccc(F)cc1.Cl.Cl. The Hall–Kier alpha value is -1.63. The van der Waals surface area contributed by atoms with Crippen LogP contribution in [0, 0.1) is 5.82 Å². The summed E-state index contributed by atoms with van der Waals surface area (Å²) in [5.41, 5.74) is 1.16. The van der Waals surface area contributed by atoms with Crippen LogP contribution in [0.5, 0.6) is 0 Å². The zero-order valence-corrected chi connectivity index (χ0v) is 14.9. The lowest BCUT2D eigenvalue weighted by molar-refractivity contribution is 0.0913. The highest BCUT2D eigenvalue weighted by Crippen LogP contribution is 2.14. The van der Waals surface area contributed by atoms with Gasteiger partial charge in [-0.05, 0) is 50.6 Å².